The van der Waals surface area contributed by atoms with Gasteiger partial charge in [-0.2, -0.15) is 27.0 Å². The van der Waals surface area contributed by atoms with Gasteiger partial charge in [-0.15, -0.1) is 0 Å². The van der Waals surface area contributed by atoms with E-state index in [1.807, 2.05) is 0 Å². The van der Waals surface area contributed by atoms with Gasteiger partial charge in [0, 0.05) is 59.1 Å². The second-order valence-corrected chi connectivity index (χ2v) is 0. The van der Waals surface area contributed by atoms with Gasteiger partial charge in [-0.3, -0.25) is 0 Å². The summed E-state index contributed by atoms with van der Waals surface area (Å²) in [5.74, 6) is 0. The molecule has 0 rings (SSSR count). The first-order chi connectivity index (χ1) is 0. The van der Waals surface area contributed by atoms with Crippen LogP contribution in [0.1, 0.15) is 0 Å². The first kappa shape index (κ1) is 29.9. The molecule has 0 N–H and O–H groups in total. The fourth-order valence-electron chi connectivity index (χ4n) is 0. The zero-order valence-corrected chi connectivity index (χ0v) is 9.00. The SMILES string of the molecule is S.S.[Na].[Na]. The summed E-state index contributed by atoms with van der Waals surface area (Å²) < 4.78 is 0. The first-order valence-corrected chi connectivity index (χ1v) is 0. The Morgan fingerprint density at radius 2 is 0.500 bits per heavy atom. The van der Waals surface area contributed by atoms with Crippen LogP contribution < -0.4 is 0 Å². The molecule has 0 aromatic heterocycles. The van der Waals surface area contributed by atoms with E-state index in [0.29, 0.717) is 0 Å². The zero-order chi connectivity index (χ0) is 0. The van der Waals surface area contributed by atoms with Crippen molar-refractivity contribution in [2.24, 2.45) is 0 Å². The van der Waals surface area contributed by atoms with Gasteiger partial charge < -0.3 is 0 Å². The molecule has 2 radical (unpaired) electrons. The number of rotatable bonds is 0. The molecule has 0 saturated heterocycles. The number of hydrogen-bond donors (Lipinski definition) is 0. The van der Waals surface area contributed by atoms with Crippen molar-refractivity contribution in [3.63, 3.8) is 0 Å². The molecule has 0 bridgehead atoms. The Kier molecular flexibility index (Phi) is 129. The maximum absolute atomic E-state index is 0. The topological polar surface area (TPSA) is 0 Å². The summed E-state index contributed by atoms with van der Waals surface area (Å²) >= 11 is 0. The Bertz CT molecular complexity index is 4.00. The van der Waals surface area contributed by atoms with Crippen molar-refractivity contribution in [1.82, 2.24) is 0 Å². The standard InChI is InChI=1S/2Na.2H2S/h;;2*1H2. The summed E-state index contributed by atoms with van der Waals surface area (Å²) in [7, 11) is 0. The minimum absolute atomic E-state index is 0. The molecule has 0 unspecified atom stereocenters. The normalized spacial score (nSPS) is 0. The van der Waals surface area contributed by atoms with Gasteiger partial charge in [0.05, 0.1) is 0 Å². The van der Waals surface area contributed by atoms with Crippen LogP contribution in [-0.2, 0) is 0 Å². The summed E-state index contributed by atoms with van der Waals surface area (Å²) in [5.41, 5.74) is 0. The van der Waals surface area contributed by atoms with Gasteiger partial charge in [0.25, 0.3) is 0 Å². The van der Waals surface area contributed by atoms with Crippen LogP contribution in [0.5, 0.6) is 0 Å². The first-order valence-electron chi connectivity index (χ1n) is 0. The Morgan fingerprint density at radius 1 is 0.500 bits per heavy atom. The molecular weight excluding hydrogens is 110 g/mol. The molecule has 0 atom stereocenters. The molecular formula is H4Na2S2. The van der Waals surface area contributed by atoms with E-state index in [1.54, 1.807) is 0 Å². The molecule has 0 aromatic carbocycles. The fraction of sp³-hybridized carbons (Fsp3) is 0. The van der Waals surface area contributed by atoms with Gasteiger partial charge in [0.1, 0.15) is 0 Å². The monoisotopic (exact) mass is 114 g/mol. The summed E-state index contributed by atoms with van der Waals surface area (Å²) in [5, 5.41) is 0. The number of hydrogen-bond acceptors (Lipinski definition) is 0. The second kappa shape index (κ2) is 17.3. The molecule has 0 spiro atoms. The molecule has 0 heterocycles. The van der Waals surface area contributed by atoms with E-state index < -0.39 is 0 Å². The van der Waals surface area contributed by atoms with Crippen LogP contribution in [-0.4, -0.2) is 59.1 Å². The van der Waals surface area contributed by atoms with Gasteiger partial charge >= 0.3 is 0 Å². The van der Waals surface area contributed by atoms with E-state index in [9.17, 15) is 0 Å². The van der Waals surface area contributed by atoms with Crippen LogP contribution in [0.15, 0.2) is 0 Å². The average molecular weight is 114 g/mol. The van der Waals surface area contributed by atoms with Crippen molar-refractivity contribution in [1.29, 1.82) is 0 Å². The predicted octanol–water partition coefficient (Wildman–Crippen LogP) is -0.536. The molecule has 4 heavy (non-hydrogen) atoms. The minimum Gasteiger partial charge on any atom is -0.197 e. The van der Waals surface area contributed by atoms with Crippen molar-refractivity contribution in [3.8, 4) is 0 Å². The van der Waals surface area contributed by atoms with Crippen molar-refractivity contribution < 1.29 is 0 Å². The largest absolute Gasteiger partial charge is 0.197 e. The van der Waals surface area contributed by atoms with Crippen molar-refractivity contribution in [2.75, 3.05) is 0 Å². The van der Waals surface area contributed by atoms with Gasteiger partial charge in [-0.1, -0.05) is 0 Å². The molecule has 4 heteroatoms. The Balaban J connectivity index is 0. The summed E-state index contributed by atoms with van der Waals surface area (Å²) in [6.45, 7) is 0. The van der Waals surface area contributed by atoms with Crippen LogP contribution in [0.4, 0.5) is 0 Å². The molecule has 18 valence electrons. The van der Waals surface area contributed by atoms with Gasteiger partial charge in [-0.25, -0.2) is 0 Å². The van der Waals surface area contributed by atoms with Gasteiger partial charge in [-0.05, 0) is 0 Å². The van der Waals surface area contributed by atoms with Crippen LogP contribution in [0.25, 0.3) is 0 Å². The Morgan fingerprint density at radius 3 is 0.500 bits per heavy atom. The van der Waals surface area contributed by atoms with Gasteiger partial charge in [0.15, 0.2) is 0 Å². The molecule has 0 nitrogen and oxygen atoms in total. The molecule has 0 fully saturated rings. The Labute approximate surface area is 84.6 Å². The summed E-state index contributed by atoms with van der Waals surface area (Å²) in [6.07, 6.45) is 0. The van der Waals surface area contributed by atoms with Crippen molar-refractivity contribution in [3.05, 3.63) is 0 Å². The third-order valence-electron chi connectivity index (χ3n) is 0. The maximum Gasteiger partial charge on any atom is 0 e. The van der Waals surface area contributed by atoms with Crippen LogP contribution in [0.3, 0.4) is 0 Å². The van der Waals surface area contributed by atoms with Gasteiger partial charge in [0.2, 0.25) is 0 Å². The van der Waals surface area contributed by atoms with Crippen molar-refractivity contribution in [2.45, 2.75) is 0 Å². The van der Waals surface area contributed by atoms with E-state index in [0.717, 1.165) is 0 Å². The minimum atomic E-state index is 0. The molecule has 0 aliphatic carbocycles. The maximum atomic E-state index is 0. The van der Waals surface area contributed by atoms with E-state index in [4.69, 9.17) is 0 Å². The van der Waals surface area contributed by atoms with Crippen molar-refractivity contribution >= 4 is 86.1 Å². The third kappa shape index (κ3) is 8.83. The molecule has 0 aliphatic heterocycles. The van der Waals surface area contributed by atoms with Crippen LogP contribution in [0, 0.1) is 0 Å². The fourth-order valence-corrected chi connectivity index (χ4v) is 0. The summed E-state index contributed by atoms with van der Waals surface area (Å²) in [4.78, 5) is 0. The van der Waals surface area contributed by atoms with E-state index >= 15 is 0 Å². The van der Waals surface area contributed by atoms with E-state index in [2.05, 4.69) is 0 Å². The average Bonchev–Trinajstić information content (AvgIpc) is 0. The second-order valence-electron chi connectivity index (χ2n) is 0. The Hall–Kier alpha value is 2.70. The quantitative estimate of drug-likeness (QED) is 0.371. The molecule has 0 amide bonds. The van der Waals surface area contributed by atoms with E-state index in [-0.39, 0.29) is 86.1 Å². The zero-order valence-electron chi connectivity index (χ0n) is 3.00. The predicted molar refractivity (Wildman–Crippen MR) is 32.3 cm³/mol. The molecule has 0 aromatic rings. The van der Waals surface area contributed by atoms with Crippen LogP contribution >= 0.6 is 27.0 Å². The summed E-state index contributed by atoms with van der Waals surface area (Å²) in [6, 6.07) is 0. The molecule has 0 saturated carbocycles. The third-order valence-corrected chi connectivity index (χ3v) is 0. The smallest absolute Gasteiger partial charge is 0 e. The van der Waals surface area contributed by atoms with Crippen LogP contribution in [0.2, 0.25) is 0 Å². The molecule has 0 aliphatic rings. The van der Waals surface area contributed by atoms with E-state index in [1.165, 1.54) is 0 Å².